The number of hydrogen-bond donors (Lipinski definition) is 1. The van der Waals surface area contributed by atoms with Crippen LogP contribution in [0, 0.1) is 0 Å². The molecule has 8 heteroatoms. The predicted molar refractivity (Wildman–Crippen MR) is 64.9 cm³/mol. The van der Waals surface area contributed by atoms with Gasteiger partial charge in [0.1, 0.15) is 9.84 Å². The van der Waals surface area contributed by atoms with Gasteiger partial charge in [0.15, 0.2) is 0 Å². The van der Waals surface area contributed by atoms with Crippen LogP contribution in [0.5, 0.6) is 0 Å². The van der Waals surface area contributed by atoms with E-state index < -0.39 is 15.8 Å². The quantitative estimate of drug-likeness (QED) is 0.787. The minimum atomic E-state index is -2.92. The summed E-state index contributed by atoms with van der Waals surface area (Å²) in [4.78, 5) is 14.4. The van der Waals surface area contributed by atoms with E-state index in [0.29, 0.717) is 17.2 Å². The van der Waals surface area contributed by atoms with Crippen LogP contribution >= 0.6 is 23.1 Å². The molecule has 0 aliphatic carbocycles. The lowest BCUT2D eigenvalue weighted by Gasteiger charge is -1.97. The van der Waals surface area contributed by atoms with Gasteiger partial charge in [0.25, 0.3) is 0 Å². The Hall–Kier alpha value is -0.600. The zero-order valence-corrected chi connectivity index (χ0v) is 11.0. The molecule has 0 aliphatic rings. The molecule has 0 unspecified atom stereocenters. The number of nitrogens with zero attached hydrogens (tertiary/aromatic N) is 1. The van der Waals surface area contributed by atoms with E-state index in [1.165, 1.54) is 18.0 Å². The van der Waals surface area contributed by atoms with Gasteiger partial charge < -0.3 is 5.11 Å². The van der Waals surface area contributed by atoms with E-state index in [9.17, 15) is 13.2 Å². The highest BCUT2D eigenvalue weighted by Gasteiger charge is 2.09. The van der Waals surface area contributed by atoms with Gasteiger partial charge in [-0.2, -0.15) is 11.8 Å². The van der Waals surface area contributed by atoms with Gasteiger partial charge in [-0.3, -0.25) is 0 Å². The molecule has 16 heavy (non-hydrogen) atoms. The summed E-state index contributed by atoms with van der Waals surface area (Å²) in [5.41, 5.74) is 0.681. The molecule has 0 aliphatic heterocycles. The smallest absolute Gasteiger partial charge is 0.365 e. The van der Waals surface area contributed by atoms with Crippen LogP contribution in [-0.4, -0.2) is 42.2 Å². The Kier molecular flexibility index (Phi) is 4.75. The molecule has 1 aromatic rings. The number of hydrogen-bond acceptors (Lipinski definition) is 6. The molecule has 1 aromatic heterocycles. The fraction of sp³-hybridized carbons (Fsp3) is 0.500. The lowest BCUT2D eigenvalue weighted by atomic mass is 10.6. The van der Waals surface area contributed by atoms with Crippen LogP contribution in [0.15, 0.2) is 5.38 Å². The van der Waals surface area contributed by atoms with Gasteiger partial charge in [-0.1, -0.05) is 0 Å². The fourth-order valence-electron chi connectivity index (χ4n) is 0.859. The number of sulfone groups is 1. The van der Waals surface area contributed by atoms with Crippen molar-refractivity contribution < 1.29 is 18.3 Å². The summed E-state index contributed by atoms with van der Waals surface area (Å²) < 4.78 is 21.7. The van der Waals surface area contributed by atoms with Gasteiger partial charge in [-0.05, 0) is 0 Å². The van der Waals surface area contributed by atoms with Crippen molar-refractivity contribution in [3.8, 4) is 0 Å². The molecule has 0 saturated carbocycles. The zero-order valence-electron chi connectivity index (χ0n) is 8.54. The average Bonchev–Trinajstić information content (AvgIpc) is 2.59. The lowest BCUT2D eigenvalue weighted by molar-refractivity contribution is 0.0696. The van der Waals surface area contributed by atoms with Crippen molar-refractivity contribution in [1.82, 2.24) is 4.98 Å². The van der Waals surface area contributed by atoms with Crippen LogP contribution in [0.4, 0.5) is 0 Å². The molecule has 0 aromatic carbocycles. The maximum absolute atomic E-state index is 10.8. The largest absolute Gasteiger partial charge is 0.476 e. The number of aromatic nitrogens is 1. The zero-order chi connectivity index (χ0) is 12.2. The summed E-state index contributed by atoms with van der Waals surface area (Å²) in [6, 6.07) is 0. The minimum absolute atomic E-state index is 0.0683. The van der Waals surface area contributed by atoms with Gasteiger partial charge in [0.2, 0.25) is 5.01 Å². The summed E-state index contributed by atoms with van der Waals surface area (Å²) >= 11 is 2.51. The third kappa shape index (κ3) is 4.95. The molecule has 0 amide bonds. The second kappa shape index (κ2) is 5.65. The first kappa shape index (κ1) is 13.5. The standard InChI is InChI=1S/C8H11NO4S3/c1-16(12,13)3-2-14-4-6-5-15-7(9-6)8(10)11/h5H,2-4H2,1H3,(H,10,11). The van der Waals surface area contributed by atoms with E-state index >= 15 is 0 Å². The first-order chi connectivity index (χ1) is 7.38. The normalized spacial score (nSPS) is 11.6. The molecule has 90 valence electrons. The van der Waals surface area contributed by atoms with Crippen molar-refractivity contribution in [3.05, 3.63) is 16.1 Å². The van der Waals surface area contributed by atoms with Crippen LogP contribution in [0.25, 0.3) is 0 Å². The van der Waals surface area contributed by atoms with E-state index in [-0.39, 0.29) is 10.8 Å². The van der Waals surface area contributed by atoms with Gasteiger partial charge in [0, 0.05) is 23.1 Å². The van der Waals surface area contributed by atoms with Crippen LogP contribution in [0.2, 0.25) is 0 Å². The highest BCUT2D eigenvalue weighted by atomic mass is 32.2. The number of carbonyl (C=O) groups is 1. The highest BCUT2D eigenvalue weighted by molar-refractivity contribution is 7.99. The Morgan fingerprint density at radius 3 is 2.81 bits per heavy atom. The number of aromatic carboxylic acids is 1. The van der Waals surface area contributed by atoms with Crippen LogP contribution < -0.4 is 0 Å². The Balaban J connectivity index is 2.35. The average molecular weight is 281 g/mol. The van der Waals surface area contributed by atoms with Crippen LogP contribution in [-0.2, 0) is 15.6 Å². The van der Waals surface area contributed by atoms with E-state index in [4.69, 9.17) is 5.11 Å². The van der Waals surface area contributed by atoms with Gasteiger partial charge in [-0.25, -0.2) is 18.2 Å². The van der Waals surface area contributed by atoms with Crippen molar-refractivity contribution in [2.45, 2.75) is 5.75 Å². The second-order valence-electron chi connectivity index (χ2n) is 3.13. The summed E-state index contributed by atoms with van der Waals surface area (Å²) in [5.74, 6) is 0.142. The first-order valence-corrected chi connectivity index (χ1v) is 8.41. The van der Waals surface area contributed by atoms with Gasteiger partial charge in [0.05, 0.1) is 11.4 Å². The van der Waals surface area contributed by atoms with E-state index in [1.807, 2.05) is 0 Å². The van der Waals surface area contributed by atoms with Crippen molar-refractivity contribution in [2.75, 3.05) is 17.8 Å². The molecular formula is C8H11NO4S3. The second-order valence-corrected chi connectivity index (χ2v) is 7.35. The molecule has 1 heterocycles. The molecule has 0 fully saturated rings. The Morgan fingerprint density at radius 1 is 1.62 bits per heavy atom. The summed E-state index contributed by atoms with van der Waals surface area (Å²) in [6.45, 7) is 0. The monoisotopic (exact) mass is 281 g/mol. The summed E-state index contributed by atoms with van der Waals surface area (Å²) in [5, 5.41) is 10.4. The number of carboxylic acids is 1. The molecule has 0 saturated heterocycles. The fourth-order valence-corrected chi connectivity index (χ4v) is 3.80. The predicted octanol–water partition coefficient (Wildman–Crippen LogP) is 1.12. The molecular weight excluding hydrogens is 270 g/mol. The molecule has 0 spiro atoms. The van der Waals surface area contributed by atoms with Crippen LogP contribution in [0.1, 0.15) is 15.5 Å². The first-order valence-electron chi connectivity index (χ1n) is 4.31. The van der Waals surface area contributed by atoms with E-state index in [2.05, 4.69) is 4.98 Å². The molecule has 5 nitrogen and oxygen atoms in total. The molecule has 0 radical (unpaired) electrons. The third-order valence-corrected chi connectivity index (χ3v) is 4.66. The molecule has 1 N–H and O–H groups in total. The van der Waals surface area contributed by atoms with Crippen molar-refractivity contribution in [3.63, 3.8) is 0 Å². The molecule has 0 bridgehead atoms. The van der Waals surface area contributed by atoms with Crippen molar-refractivity contribution in [2.24, 2.45) is 0 Å². The Bertz CT molecular complexity index is 465. The minimum Gasteiger partial charge on any atom is -0.476 e. The number of thioether (sulfide) groups is 1. The number of rotatable bonds is 6. The highest BCUT2D eigenvalue weighted by Crippen LogP contribution is 2.15. The van der Waals surface area contributed by atoms with E-state index in [0.717, 1.165) is 11.3 Å². The maximum atomic E-state index is 10.8. The van der Waals surface area contributed by atoms with Crippen molar-refractivity contribution >= 4 is 38.9 Å². The Labute approximate surface area is 102 Å². The number of thiazole rings is 1. The third-order valence-electron chi connectivity index (χ3n) is 1.58. The molecule has 1 rings (SSSR count). The SMILES string of the molecule is CS(=O)(=O)CCSCc1csc(C(=O)O)n1. The van der Waals surface area contributed by atoms with Crippen molar-refractivity contribution in [1.29, 1.82) is 0 Å². The summed E-state index contributed by atoms with van der Waals surface area (Å²) in [7, 11) is -2.92. The summed E-state index contributed by atoms with van der Waals surface area (Å²) in [6.07, 6.45) is 1.19. The maximum Gasteiger partial charge on any atom is 0.365 e. The van der Waals surface area contributed by atoms with Gasteiger partial charge >= 0.3 is 5.97 Å². The Morgan fingerprint density at radius 2 is 2.31 bits per heavy atom. The van der Waals surface area contributed by atoms with Crippen LogP contribution in [0.3, 0.4) is 0 Å². The molecule has 0 atom stereocenters. The van der Waals surface area contributed by atoms with E-state index in [1.54, 1.807) is 5.38 Å². The van der Waals surface area contributed by atoms with Gasteiger partial charge in [-0.15, -0.1) is 11.3 Å². The topological polar surface area (TPSA) is 84.3 Å². The number of carboxylic acid groups (broad SMARTS) is 1. The lowest BCUT2D eigenvalue weighted by Crippen LogP contribution is -2.05.